The Kier molecular flexibility index (Phi) is 5.86. The van der Waals surface area contributed by atoms with Gasteiger partial charge in [-0.2, -0.15) is 0 Å². The van der Waals surface area contributed by atoms with Gasteiger partial charge in [-0.05, 0) is 53.9 Å². The molecule has 0 aliphatic heterocycles. The van der Waals surface area contributed by atoms with Gasteiger partial charge in [-0.25, -0.2) is 0 Å². The molecule has 1 N–H and O–H groups in total. The van der Waals surface area contributed by atoms with E-state index in [4.69, 9.17) is 4.74 Å². The van der Waals surface area contributed by atoms with Crippen molar-refractivity contribution >= 4 is 0 Å². The molecule has 0 aliphatic rings. The monoisotopic (exact) mass is 264 g/mol. The van der Waals surface area contributed by atoms with Crippen LogP contribution in [0, 0.1) is 18.8 Å². The fourth-order valence-corrected chi connectivity index (χ4v) is 2.39. The summed E-state index contributed by atoms with van der Waals surface area (Å²) in [6.45, 7) is 11.1. The third kappa shape index (κ3) is 3.97. The highest BCUT2D eigenvalue weighted by Gasteiger charge is 2.17. The lowest BCUT2D eigenvalue weighted by molar-refractivity contribution is 0.189. The quantitative estimate of drug-likeness (QED) is 0.843. The second-order valence-electron chi connectivity index (χ2n) is 6.07. The highest BCUT2D eigenvalue weighted by Crippen LogP contribution is 2.31. The summed E-state index contributed by atoms with van der Waals surface area (Å²) in [4.78, 5) is 0. The van der Waals surface area contributed by atoms with Crippen LogP contribution in [0.15, 0.2) is 12.1 Å². The van der Waals surface area contributed by atoms with Gasteiger partial charge in [-0.3, -0.25) is 0 Å². The van der Waals surface area contributed by atoms with Crippen LogP contribution in [0.1, 0.15) is 50.3 Å². The molecule has 108 valence electrons. The zero-order chi connectivity index (χ0) is 14.6. The van der Waals surface area contributed by atoms with Gasteiger partial charge >= 0.3 is 0 Å². The van der Waals surface area contributed by atoms with Crippen LogP contribution in [-0.4, -0.2) is 18.8 Å². The number of rotatable bonds is 6. The molecule has 1 aromatic rings. The molecule has 0 spiro atoms. The predicted molar refractivity (Wildman–Crippen MR) is 80.9 cm³/mol. The molecule has 0 bridgehead atoms. The Hall–Kier alpha value is -1.02. The average Bonchev–Trinajstić information content (AvgIpc) is 2.35. The van der Waals surface area contributed by atoms with Crippen molar-refractivity contribution in [3.8, 4) is 5.75 Å². The first kappa shape index (κ1) is 16.0. The Balaban J connectivity index is 3.11. The van der Waals surface area contributed by atoms with E-state index in [1.54, 1.807) is 7.11 Å². The van der Waals surface area contributed by atoms with Crippen molar-refractivity contribution in [2.45, 2.75) is 47.0 Å². The van der Waals surface area contributed by atoms with Crippen molar-refractivity contribution in [3.05, 3.63) is 28.8 Å². The van der Waals surface area contributed by atoms with E-state index in [0.29, 0.717) is 17.8 Å². The topological polar surface area (TPSA) is 29.5 Å². The molecular formula is C17H28O2. The molecule has 19 heavy (non-hydrogen) atoms. The van der Waals surface area contributed by atoms with E-state index in [0.717, 1.165) is 12.2 Å². The Morgan fingerprint density at radius 3 is 2.21 bits per heavy atom. The van der Waals surface area contributed by atoms with Crippen LogP contribution in [0.4, 0.5) is 0 Å². The standard InChI is InChI=1S/C17H28O2/c1-11(2)15(10-18)8-14-9-16(12(3)4)17(19-6)7-13(14)5/h7,9,11-12,15,18H,8,10H2,1-6H3. The first-order valence-corrected chi connectivity index (χ1v) is 7.18. The molecule has 0 amide bonds. The lowest BCUT2D eigenvalue weighted by Gasteiger charge is -2.21. The van der Waals surface area contributed by atoms with Crippen molar-refractivity contribution < 1.29 is 9.84 Å². The number of benzene rings is 1. The van der Waals surface area contributed by atoms with Gasteiger partial charge in [-0.15, -0.1) is 0 Å². The van der Waals surface area contributed by atoms with Crippen molar-refractivity contribution in [3.63, 3.8) is 0 Å². The zero-order valence-electron chi connectivity index (χ0n) is 13.2. The maximum atomic E-state index is 9.50. The second-order valence-corrected chi connectivity index (χ2v) is 6.07. The highest BCUT2D eigenvalue weighted by molar-refractivity contribution is 5.44. The summed E-state index contributed by atoms with van der Waals surface area (Å²) in [5.41, 5.74) is 3.83. The summed E-state index contributed by atoms with van der Waals surface area (Å²) in [6, 6.07) is 4.38. The summed E-state index contributed by atoms with van der Waals surface area (Å²) in [6.07, 6.45) is 0.934. The van der Waals surface area contributed by atoms with Crippen LogP contribution >= 0.6 is 0 Å². The summed E-state index contributed by atoms with van der Waals surface area (Å²) < 4.78 is 5.47. The molecule has 0 aliphatic carbocycles. The largest absolute Gasteiger partial charge is 0.496 e. The molecule has 0 saturated carbocycles. The van der Waals surface area contributed by atoms with Crippen LogP contribution in [0.3, 0.4) is 0 Å². The predicted octanol–water partition coefficient (Wildman–Crippen LogP) is 3.93. The SMILES string of the molecule is COc1cc(C)c(CC(CO)C(C)C)cc1C(C)C. The molecule has 1 rings (SSSR count). The molecular weight excluding hydrogens is 236 g/mol. The highest BCUT2D eigenvalue weighted by atomic mass is 16.5. The minimum Gasteiger partial charge on any atom is -0.496 e. The minimum atomic E-state index is 0.250. The van der Waals surface area contributed by atoms with Crippen LogP contribution in [-0.2, 0) is 6.42 Å². The molecule has 0 heterocycles. The van der Waals surface area contributed by atoms with Gasteiger partial charge in [-0.1, -0.05) is 33.8 Å². The molecule has 1 unspecified atom stereocenters. The van der Waals surface area contributed by atoms with Crippen LogP contribution < -0.4 is 4.74 Å². The van der Waals surface area contributed by atoms with Crippen molar-refractivity contribution in [1.82, 2.24) is 0 Å². The molecule has 0 fully saturated rings. The van der Waals surface area contributed by atoms with E-state index in [2.05, 4.69) is 46.8 Å². The van der Waals surface area contributed by atoms with Crippen molar-refractivity contribution in [1.29, 1.82) is 0 Å². The Labute approximate surface area is 117 Å². The maximum Gasteiger partial charge on any atom is 0.122 e. The number of hydrogen-bond acceptors (Lipinski definition) is 2. The number of ether oxygens (including phenoxy) is 1. The van der Waals surface area contributed by atoms with Crippen molar-refractivity contribution in [2.75, 3.05) is 13.7 Å². The molecule has 2 heteroatoms. The molecule has 0 aromatic heterocycles. The minimum absolute atomic E-state index is 0.250. The summed E-state index contributed by atoms with van der Waals surface area (Å²) in [5, 5.41) is 9.50. The van der Waals surface area contributed by atoms with Crippen LogP contribution in [0.5, 0.6) is 5.75 Å². The van der Waals surface area contributed by atoms with Gasteiger partial charge in [0.2, 0.25) is 0 Å². The van der Waals surface area contributed by atoms with Crippen molar-refractivity contribution in [2.24, 2.45) is 11.8 Å². The third-order valence-electron chi connectivity index (χ3n) is 3.97. The second kappa shape index (κ2) is 6.95. The summed E-state index contributed by atoms with van der Waals surface area (Å²) in [7, 11) is 1.73. The number of aliphatic hydroxyl groups is 1. The summed E-state index contributed by atoms with van der Waals surface area (Å²) >= 11 is 0. The van der Waals surface area contributed by atoms with Gasteiger partial charge in [0.25, 0.3) is 0 Å². The maximum absolute atomic E-state index is 9.50. The number of hydrogen-bond donors (Lipinski definition) is 1. The van der Waals surface area contributed by atoms with E-state index in [1.807, 2.05) is 0 Å². The third-order valence-corrected chi connectivity index (χ3v) is 3.97. The van der Waals surface area contributed by atoms with E-state index >= 15 is 0 Å². The molecule has 0 radical (unpaired) electrons. The Morgan fingerprint density at radius 2 is 1.79 bits per heavy atom. The van der Waals surface area contributed by atoms with Gasteiger partial charge in [0.05, 0.1) is 7.11 Å². The lowest BCUT2D eigenvalue weighted by Crippen LogP contribution is -2.17. The number of aliphatic hydroxyl groups excluding tert-OH is 1. The van der Waals surface area contributed by atoms with Gasteiger partial charge < -0.3 is 9.84 Å². The van der Waals surface area contributed by atoms with E-state index in [9.17, 15) is 5.11 Å². The fourth-order valence-electron chi connectivity index (χ4n) is 2.39. The van der Waals surface area contributed by atoms with Crippen LogP contribution in [0.2, 0.25) is 0 Å². The van der Waals surface area contributed by atoms with E-state index in [-0.39, 0.29) is 6.61 Å². The van der Waals surface area contributed by atoms with Crippen LogP contribution in [0.25, 0.3) is 0 Å². The zero-order valence-corrected chi connectivity index (χ0v) is 13.2. The van der Waals surface area contributed by atoms with Gasteiger partial charge in [0.1, 0.15) is 5.75 Å². The Bertz CT molecular complexity index is 408. The normalized spacial score (nSPS) is 13.1. The molecule has 1 atom stereocenters. The van der Waals surface area contributed by atoms with E-state index in [1.165, 1.54) is 16.7 Å². The average molecular weight is 264 g/mol. The molecule has 1 aromatic carbocycles. The summed E-state index contributed by atoms with van der Waals surface area (Å²) in [5.74, 6) is 2.24. The van der Waals surface area contributed by atoms with Gasteiger partial charge in [0, 0.05) is 6.61 Å². The lowest BCUT2D eigenvalue weighted by atomic mass is 9.86. The number of methoxy groups -OCH3 is 1. The van der Waals surface area contributed by atoms with Gasteiger partial charge in [0.15, 0.2) is 0 Å². The smallest absolute Gasteiger partial charge is 0.122 e. The fraction of sp³-hybridized carbons (Fsp3) is 0.647. The first-order chi connectivity index (χ1) is 8.90. The molecule has 0 saturated heterocycles. The first-order valence-electron chi connectivity index (χ1n) is 7.18. The van der Waals surface area contributed by atoms with E-state index < -0.39 is 0 Å². The Morgan fingerprint density at radius 1 is 1.16 bits per heavy atom. The molecule has 2 nitrogen and oxygen atoms in total. The number of aryl methyl sites for hydroxylation is 1.